The number of aromatic amines is 1. The summed E-state index contributed by atoms with van der Waals surface area (Å²) in [5.41, 5.74) is 2.15. The summed E-state index contributed by atoms with van der Waals surface area (Å²) in [7, 11) is 0. The fourth-order valence-electron chi connectivity index (χ4n) is 2.71. The van der Waals surface area contributed by atoms with E-state index in [0.29, 0.717) is 35.3 Å². The number of aromatic nitrogens is 1. The van der Waals surface area contributed by atoms with Crippen LogP contribution in [0.25, 0.3) is 10.9 Å². The standard InChI is InChI=1S/C18H14ClNO4/c19-14-7-11(8-16-17(14)23-6-5-22-16)10-24-18(21)13-9-20-15-4-2-1-3-12(13)15/h1-4,7-9,20H,5-6,10H2. The van der Waals surface area contributed by atoms with Crippen molar-refractivity contribution in [1.29, 1.82) is 0 Å². The molecule has 1 aromatic heterocycles. The third-order valence-corrected chi connectivity index (χ3v) is 4.12. The highest BCUT2D eigenvalue weighted by Gasteiger charge is 2.18. The number of hydrogen-bond acceptors (Lipinski definition) is 4. The molecule has 24 heavy (non-hydrogen) atoms. The molecule has 5 nitrogen and oxygen atoms in total. The first-order valence-electron chi connectivity index (χ1n) is 7.53. The molecule has 0 fully saturated rings. The number of benzene rings is 2. The summed E-state index contributed by atoms with van der Waals surface area (Å²) >= 11 is 6.19. The van der Waals surface area contributed by atoms with Crippen molar-refractivity contribution in [2.75, 3.05) is 13.2 Å². The largest absolute Gasteiger partial charge is 0.486 e. The van der Waals surface area contributed by atoms with E-state index in [1.54, 1.807) is 18.3 Å². The Hall–Kier alpha value is -2.66. The number of ether oxygens (including phenoxy) is 3. The number of H-pyrrole nitrogens is 1. The molecule has 0 radical (unpaired) electrons. The summed E-state index contributed by atoms with van der Waals surface area (Å²) in [6, 6.07) is 11.1. The van der Waals surface area contributed by atoms with Crippen LogP contribution in [-0.2, 0) is 11.3 Å². The van der Waals surface area contributed by atoms with Gasteiger partial charge in [-0.25, -0.2) is 4.79 Å². The number of carbonyl (C=O) groups excluding carboxylic acids is 1. The minimum atomic E-state index is -0.390. The number of halogens is 1. The quantitative estimate of drug-likeness (QED) is 0.731. The summed E-state index contributed by atoms with van der Waals surface area (Å²) in [6.07, 6.45) is 1.66. The molecule has 0 spiro atoms. The van der Waals surface area contributed by atoms with Crippen molar-refractivity contribution < 1.29 is 19.0 Å². The van der Waals surface area contributed by atoms with Crippen molar-refractivity contribution >= 4 is 28.5 Å². The fraction of sp³-hybridized carbons (Fsp3) is 0.167. The molecule has 4 rings (SSSR count). The average Bonchev–Trinajstić information content (AvgIpc) is 3.04. The number of hydrogen-bond donors (Lipinski definition) is 1. The lowest BCUT2D eigenvalue weighted by atomic mass is 10.2. The normalized spacial score (nSPS) is 13.0. The SMILES string of the molecule is O=C(OCc1cc(Cl)c2c(c1)OCCO2)c1c[nH]c2ccccc12. The van der Waals surface area contributed by atoms with Gasteiger partial charge in [0.1, 0.15) is 19.8 Å². The molecule has 122 valence electrons. The molecule has 0 aliphatic carbocycles. The van der Waals surface area contributed by atoms with Gasteiger partial charge in [0, 0.05) is 17.1 Å². The second kappa shape index (κ2) is 6.09. The molecule has 1 aliphatic heterocycles. The fourth-order valence-corrected chi connectivity index (χ4v) is 3.00. The molecule has 2 heterocycles. The monoisotopic (exact) mass is 343 g/mol. The van der Waals surface area contributed by atoms with Crippen LogP contribution < -0.4 is 9.47 Å². The summed E-state index contributed by atoms with van der Waals surface area (Å²) < 4.78 is 16.4. The highest BCUT2D eigenvalue weighted by Crippen LogP contribution is 2.38. The van der Waals surface area contributed by atoms with Crippen LogP contribution in [0.3, 0.4) is 0 Å². The van der Waals surface area contributed by atoms with Gasteiger partial charge in [-0.1, -0.05) is 29.8 Å². The van der Waals surface area contributed by atoms with Crippen molar-refractivity contribution in [3.8, 4) is 11.5 Å². The topological polar surface area (TPSA) is 60.6 Å². The molecule has 3 aromatic rings. The summed E-state index contributed by atoms with van der Waals surface area (Å²) in [6.45, 7) is 1.05. The van der Waals surface area contributed by atoms with E-state index in [1.807, 2.05) is 24.3 Å². The van der Waals surface area contributed by atoms with E-state index in [1.165, 1.54) is 0 Å². The van der Waals surface area contributed by atoms with Crippen molar-refractivity contribution in [1.82, 2.24) is 4.98 Å². The number of fused-ring (bicyclic) bond motifs is 2. The molecule has 0 atom stereocenters. The maximum Gasteiger partial charge on any atom is 0.340 e. The Labute approximate surface area is 143 Å². The van der Waals surface area contributed by atoms with Crippen LogP contribution in [0.15, 0.2) is 42.6 Å². The van der Waals surface area contributed by atoms with Gasteiger partial charge in [0.2, 0.25) is 0 Å². The molecule has 1 aliphatic rings. The van der Waals surface area contributed by atoms with Gasteiger partial charge >= 0.3 is 5.97 Å². The minimum Gasteiger partial charge on any atom is -0.486 e. The lowest BCUT2D eigenvalue weighted by molar-refractivity contribution is 0.0474. The molecule has 0 amide bonds. The Balaban J connectivity index is 1.52. The Morgan fingerprint density at radius 1 is 1.21 bits per heavy atom. The third kappa shape index (κ3) is 2.67. The molecule has 0 unspecified atom stereocenters. The lowest BCUT2D eigenvalue weighted by Crippen LogP contribution is -2.16. The number of para-hydroxylation sites is 1. The predicted molar refractivity (Wildman–Crippen MR) is 89.9 cm³/mol. The van der Waals surface area contributed by atoms with Crippen LogP contribution in [0.1, 0.15) is 15.9 Å². The Bertz CT molecular complexity index is 919. The highest BCUT2D eigenvalue weighted by atomic mass is 35.5. The number of rotatable bonds is 3. The first kappa shape index (κ1) is 14.9. The van der Waals surface area contributed by atoms with Gasteiger partial charge in [-0.2, -0.15) is 0 Å². The predicted octanol–water partition coefficient (Wildman–Crippen LogP) is 3.95. The average molecular weight is 344 g/mol. The number of nitrogens with one attached hydrogen (secondary N) is 1. The van der Waals surface area contributed by atoms with Gasteiger partial charge in [-0.15, -0.1) is 0 Å². The van der Waals surface area contributed by atoms with E-state index in [4.69, 9.17) is 25.8 Å². The van der Waals surface area contributed by atoms with Gasteiger partial charge in [0.15, 0.2) is 11.5 Å². The van der Waals surface area contributed by atoms with E-state index in [0.717, 1.165) is 16.5 Å². The van der Waals surface area contributed by atoms with Crippen LogP contribution in [0.4, 0.5) is 0 Å². The van der Waals surface area contributed by atoms with Crippen molar-refractivity contribution in [3.05, 3.63) is 58.7 Å². The smallest absolute Gasteiger partial charge is 0.340 e. The Morgan fingerprint density at radius 2 is 2.04 bits per heavy atom. The molecule has 0 bridgehead atoms. The van der Waals surface area contributed by atoms with Crippen molar-refractivity contribution in [3.63, 3.8) is 0 Å². The second-order valence-electron chi connectivity index (χ2n) is 5.43. The highest BCUT2D eigenvalue weighted by molar-refractivity contribution is 6.32. The van der Waals surface area contributed by atoms with Crippen molar-refractivity contribution in [2.24, 2.45) is 0 Å². The third-order valence-electron chi connectivity index (χ3n) is 3.84. The molecule has 1 N–H and O–H groups in total. The second-order valence-corrected chi connectivity index (χ2v) is 5.83. The summed E-state index contributed by atoms with van der Waals surface area (Å²) in [5, 5.41) is 1.29. The Kier molecular flexibility index (Phi) is 3.78. The van der Waals surface area contributed by atoms with Crippen LogP contribution in [0.2, 0.25) is 5.02 Å². The maximum absolute atomic E-state index is 12.3. The lowest BCUT2D eigenvalue weighted by Gasteiger charge is -2.20. The zero-order chi connectivity index (χ0) is 16.5. The molecular weight excluding hydrogens is 330 g/mol. The number of carbonyl (C=O) groups is 1. The zero-order valence-corrected chi connectivity index (χ0v) is 13.4. The van der Waals surface area contributed by atoms with Gasteiger partial charge in [0.25, 0.3) is 0 Å². The van der Waals surface area contributed by atoms with Crippen LogP contribution in [0.5, 0.6) is 11.5 Å². The minimum absolute atomic E-state index is 0.106. The Morgan fingerprint density at radius 3 is 2.96 bits per heavy atom. The molecule has 6 heteroatoms. The molecular formula is C18H14ClNO4. The van der Waals surface area contributed by atoms with Crippen LogP contribution in [-0.4, -0.2) is 24.2 Å². The van der Waals surface area contributed by atoms with E-state index >= 15 is 0 Å². The molecule has 0 saturated heterocycles. The maximum atomic E-state index is 12.3. The van der Waals surface area contributed by atoms with E-state index in [9.17, 15) is 4.79 Å². The summed E-state index contributed by atoms with van der Waals surface area (Å²) in [4.78, 5) is 15.4. The molecule has 0 saturated carbocycles. The van der Waals surface area contributed by atoms with E-state index < -0.39 is 5.97 Å². The van der Waals surface area contributed by atoms with E-state index in [2.05, 4.69) is 4.98 Å². The first-order valence-corrected chi connectivity index (χ1v) is 7.91. The van der Waals surface area contributed by atoms with Gasteiger partial charge in [0.05, 0.1) is 10.6 Å². The van der Waals surface area contributed by atoms with Gasteiger partial charge in [-0.05, 0) is 23.8 Å². The zero-order valence-electron chi connectivity index (χ0n) is 12.7. The van der Waals surface area contributed by atoms with Gasteiger partial charge in [-0.3, -0.25) is 0 Å². The van der Waals surface area contributed by atoms with E-state index in [-0.39, 0.29) is 6.61 Å². The molecule has 2 aromatic carbocycles. The van der Waals surface area contributed by atoms with Crippen molar-refractivity contribution in [2.45, 2.75) is 6.61 Å². The number of esters is 1. The van der Waals surface area contributed by atoms with Crippen LogP contribution >= 0.6 is 11.6 Å². The first-order chi connectivity index (χ1) is 11.7. The summed E-state index contributed by atoms with van der Waals surface area (Å²) in [5.74, 6) is 0.722. The van der Waals surface area contributed by atoms with Crippen LogP contribution in [0, 0.1) is 0 Å². The van der Waals surface area contributed by atoms with Gasteiger partial charge < -0.3 is 19.2 Å².